The van der Waals surface area contributed by atoms with Crippen LogP contribution in [-0.4, -0.2) is 15.1 Å². The highest BCUT2D eigenvalue weighted by Crippen LogP contribution is 2.37. The maximum atomic E-state index is 10.7. The van der Waals surface area contributed by atoms with Crippen molar-refractivity contribution in [3.05, 3.63) is 57.5 Å². The molecule has 7 nitrogen and oxygen atoms in total. The van der Waals surface area contributed by atoms with Crippen LogP contribution in [0, 0.1) is 10.1 Å². The first-order valence-electron chi connectivity index (χ1n) is 6.33. The highest BCUT2D eigenvalue weighted by atomic mass is 35.5. The zero-order valence-electron chi connectivity index (χ0n) is 11.4. The quantitative estimate of drug-likeness (QED) is 0.507. The smallest absolute Gasteiger partial charge is 0.270 e. The minimum absolute atomic E-state index is 0.0441. The number of nitrogens with one attached hydrogen (secondary N) is 1. The molecule has 0 unspecified atom stereocenters. The van der Waals surface area contributed by atoms with Crippen LogP contribution in [0.25, 0.3) is 0 Å². The second-order valence-electron chi connectivity index (χ2n) is 4.28. The fourth-order valence-corrected chi connectivity index (χ4v) is 3.68. The number of halogens is 1. The summed E-state index contributed by atoms with van der Waals surface area (Å²) in [5, 5.41) is 22.9. The van der Waals surface area contributed by atoms with Crippen LogP contribution < -0.4 is 5.32 Å². The van der Waals surface area contributed by atoms with Gasteiger partial charge in [0.2, 0.25) is 5.13 Å². The number of furan rings is 1. The van der Waals surface area contributed by atoms with E-state index in [1.54, 1.807) is 12.3 Å². The number of non-ortho nitro benzene ring substituents is 1. The van der Waals surface area contributed by atoms with Crippen LogP contribution >= 0.6 is 34.7 Å². The van der Waals surface area contributed by atoms with E-state index in [4.69, 9.17) is 16.0 Å². The molecular weight excluding hydrogens is 360 g/mol. The maximum Gasteiger partial charge on any atom is 0.270 e. The van der Waals surface area contributed by atoms with E-state index in [0.29, 0.717) is 25.9 Å². The van der Waals surface area contributed by atoms with E-state index < -0.39 is 4.92 Å². The van der Waals surface area contributed by atoms with Gasteiger partial charge in [0.15, 0.2) is 4.34 Å². The Morgan fingerprint density at radius 2 is 2.26 bits per heavy atom. The Kier molecular flexibility index (Phi) is 4.79. The van der Waals surface area contributed by atoms with Gasteiger partial charge in [0.25, 0.3) is 5.69 Å². The van der Waals surface area contributed by atoms with Crippen molar-refractivity contribution in [3.8, 4) is 0 Å². The Morgan fingerprint density at radius 1 is 1.39 bits per heavy atom. The molecule has 0 saturated carbocycles. The summed E-state index contributed by atoms with van der Waals surface area (Å²) in [6.07, 6.45) is 1.61. The van der Waals surface area contributed by atoms with Gasteiger partial charge in [0.1, 0.15) is 5.76 Å². The summed E-state index contributed by atoms with van der Waals surface area (Å²) >= 11 is 8.73. The summed E-state index contributed by atoms with van der Waals surface area (Å²) in [5.74, 6) is 0.799. The number of anilines is 1. The first-order chi connectivity index (χ1) is 11.1. The van der Waals surface area contributed by atoms with Crippen molar-refractivity contribution in [3.63, 3.8) is 0 Å². The summed E-state index contributed by atoms with van der Waals surface area (Å²) in [6.45, 7) is 0.518. The van der Waals surface area contributed by atoms with Crippen molar-refractivity contribution in [2.75, 3.05) is 5.32 Å². The van der Waals surface area contributed by atoms with Crippen molar-refractivity contribution in [2.45, 2.75) is 15.8 Å². The van der Waals surface area contributed by atoms with Gasteiger partial charge >= 0.3 is 0 Å². The molecule has 0 amide bonds. The van der Waals surface area contributed by atoms with Gasteiger partial charge in [-0.1, -0.05) is 34.7 Å². The van der Waals surface area contributed by atoms with Crippen molar-refractivity contribution < 1.29 is 9.34 Å². The molecule has 23 heavy (non-hydrogen) atoms. The van der Waals surface area contributed by atoms with Crippen molar-refractivity contribution in [2.24, 2.45) is 0 Å². The van der Waals surface area contributed by atoms with Gasteiger partial charge in [-0.25, -0.2) is 0 Å². The molecule has 10 heteroatoms. The molecule has 0 radical (unpaired) electrons. The lowest BCUT2D eigenvalue weighted by Crippen LogP contribution is -1.96. The molecule has 1 aromatic carbocycles. The topological polar surface area (TPSA) is 94.1 Å². The Labute approximate surface area is 143 Å². The summed E-state index contributed by atoms with van der Waals surface area (Å²) in [7, 11) is 0. The van der Waals surface area contributed by atoms with Gasteiger partial charge in [-0.3, -0.25) is 10.1 Å². The highest BCUT2D eigenvalue weighted by Gasteiger charge is 2.13. The minimum atomic E-state index is -0.484. The molecule has 0 aliphatic carbocycles. The molecule has 0 aliphatic heterocycles. The summed E-state index contributed by atoms with van der Waals surface area (Å²) in [5.41, 5.74) is -0.0441. The van der Waals surface area contributed by atoms with E-state index in [9.17, 15) is 10.1 Å². The van der Waals surface area contributed by atoms with Crippen LogP contribution in [0.4, 0.5) is 10.8 Å². The molecule has 1 N–H and O–H groups in total. The third-order valence-electron chi connectivity index (χ3n) is 2.72. The maximum absolute atomic E-state index is 10.7. The summed E-state index contributed by atoms with van der Waals surface area (Å²) < 4.78 is 5.90. The number of hydrogen-bond acceptors (Lipinski definition) is 8. The van der Waals surface area contributed by atoms with Crippen LogP contribution in [-0.2, 0) is 6.54 Å². The average Bonchev–Trinajstić information content (AvgIpc) is 3.18. The molecule has 0 saturated heterocycles. The number of aromatic nitrogens is 2. The van der Waals surface area contributed by atoms with E-state index in [1.807, 2.05) is 12.1 Å². The first-order valence-corrected chi connectivity index (χ1v) is 8.34. The molecule has 118 valence electrons. The second-order valence-corrected chi connectivity index (χ2v) is 6.95. The second kappa shape index (κ2) is 6.99. The Morgan fingerprint density at radius 3 is 2.96 bits per heavy atom. The number of rotatable bonds is 6. The van der Waals surface area contributed by atoms with Gasteiger partial charge < -0.3 is 9.73 Å². The predicted octanol–water partition coefficient (Wildman–Crippen LogP) is 4.46. The fraction of sp³-hybridized carbons (Fsp3) is 0.0769. The molecular formula is C13H9ClN4O3S2. The predicted molar refractivity (Wildman–Crippen MR) is 88.2 cm³/mol. The zero-order valence-corrected chi connectivity index (χ0v) is 13.8. The molecule has 0 fully saturated rings. The fourth-order valence-electron chi connectivity index (χ4n) is 1.68. The molecule has 0 spiro atoms. The normalized spacial score (nSPS) is 10.7. The summed E-state index contributed by atoms with van der Waals surface area (Å²) in [6, 6.07) is 8.00. The number of hydrogen-bond donors (Lipinski definition) is 1. The van der Waals surface area contributed by atoms with Crippen LogP contribution in [0.3, 0.4) is 0 Å². The number of nitro benzene ring substituents is 1. The Hall–Kier alpha value is -2.10. The average molecular weight is 369 g/mol. The van der Waals surface area contributed by atoms with Gasteiger partial charge in [0, 0.05) is 17.0 Å². The van der Waals surface area contributed by atoms with E-state index in [1.165, 1.54) is 35.2 Å². The third-order valence-corrected chi connectivity index (χ3v) is 5.16. The zero-order chi connectivity index (χ0) is 16.2. The minimum Gasteiger partial charge on any atom is -0.467 e. The molecule has 3 rings (SSSR count). The largest absolute Gasteiger partial charge is 0.467 e. The van der Waals surface area contributed by atoms with Crippen molar-refractivity contribution in [1.82, 2.24) is 10.2 Å². The van der Waals surface area contributed by atoms with Crippen molar-refractivity contribution >= 4 is 45.5 Å². The van der Waals surface area contributed by atoms with Gasteiger partial charge in [0.05, 0.1) is 22.8 Å². The monoisotopic (exact) mass is 368 g/mol. The highest BCUT2D eigenvalue weighted by molar-refractivity contribution is 8.01. The molecule has 2 heterocycles. The van der Waals surface area contributed by atoms with Crippen molar-refractivity contribution in [1.29, 1.82) is 0 Å². The molecule has 2 aromatic heterocycles. The lowest BCUT2D eigenvalue weighted by molar-refractivity contribution is -0.384. The van der Waals surface area contributed by atoms with E-state index >= 15 is 0 Å². The van der Waals surface area contributed by atoms with Gasteiger partial charge in [-0.15, -0.1) is 10.2 Å². The van der Waals surface area contributed by atoms with Crippen LogP contribution in [0.15, 0.2) is 50.2 Å². The Balaban J connectivity index is 1.65. The van der Waals surface area contributed by atoms with E-state index in [-0.39, 0.29) is 5.69 Å². The lowest BCUT2D eigenvalue weighted by Gasteiger charge is -2.00. The molecule has 0 aliphatic rings. The summed E-state index contributed by atoms with van der Waals surface area (Å²) in [4.78, 5) is 10.9. The van der Waals surface area contributed by atoms with Crippen LogP contribution in [0.2, 0.25) is 5.02 Å². The molecule has 3 aromatic rings. The van der Waals surface area contributed by atoms with Gasteiger partial charge in [-0.2, -0.15) is 0 Å². The van der Waals surface area contributed by atoms with E-state index in [2.05, 4.69) is 15.5 Å². The lowest BCUT2D eigenvalue weighted by atomic mass is 10.3. The standard InChI is InChI=1S/C13H9ClN4O3S2/c14-10-6-8(18(19)20)3-4-11(10)22-13-17-16-12(23-13)15-7-9-2-1-5-21-9/h1-6H,7H2,(H,15,16). The number of nitrogens with zero attached hydrogens (tertiary/aromatic N) is 3. The third kappa shape index (κ3) is 4.01. The van der Waals surface area contributed by atoms with Crippen LogP contribution in [0.1, 0.15) is 5.76 Å². The first kappa shape index (κ1) is 15.8. The van der Waals surface area contributed by atoms with Crippen LogP contribution in [0.5, 0.6) is 0 Å². The number of nitro groups is 1. The molecule has 0 atom stereocenters. The van der Waals surface area contributed by atoms with Gasteiger partial charge in [-0.05, 0) is 18.2 Å². The molecule has 0 bridgehead atoms. The number of benzene rings is 1. The SMILES string of the molecule is O=[N+]([O-])c1ccc(Sc2nnc(NCc3ccco3)s2)c(Cl)c1. The Bertz CT molecular complexity index is 823. The van der Waals surface area contributed by atoms with E-state index in [0.717, 1.165) is 5.76 Å².